The highest BCUT2D eigenvalue weighted by Crippen LogP contribution is 2.66. The van der Waals surface area contributed by atoms with Gasteiger partial charge >= 0.3 is 7.60 Å². The van der Waals surface area contributed by atoms with Gasteiger partial charge < -0.3 is 9.05 Å². The van der Waals surface area contributed by atoms with Crippen molar-refractivity contribution in [2.75, 3.05) is 13.2 Å². The molecule has 0 aliphatic rings. The average Bonchev–Trinajstić information content (AvgIpc) is 2.53. The molecular formula is C17H30BrO3PSi. The van der Waals surface area contributed by atoms with Gasteiger partial charge in [-0.05, 0) is 31.5 Å². The summed E-state index contributed by atoms with van der Waals surface area (Å²) in [5.74, 6) is 0. The molecule has 0 radical (unpaired) electrons. The van der Waals surface area contributed by atoms with E-state index in [0.717, 1.165) is 28.2 Å². The second kappa shape index (κ2) is 9.52. The lowest BCUT2D eigenvalue weighted by atomic mass is 10.2. The first-order valence-corrected chi connectivity index (χ1v) is 13.7. The van der Waals surface area contributed by atoms with Gasteiger partial charge in [0.1, 0.15) is 0 Å². The molecule has 1 aromatic carbocycles. The minimum Gasteiger partial charge on any atom is -0.309 e. The van der Waals surface area contributed by atoms with Crippen LogP contribution in [0, 0.1) is 0 Å². The number of rotatable bonds is 10. The van der Waals surface area contributed by atoms with Crippen molar-refractivity contribution in [2.24, 2.45) is 0 Å². The highest BCUT2D eigenvalue weighted by Gasteiger charge is 2.50. The van der Waals surface area contributed by atoms with Gasteiger partial charge in [0, 0.05) is 4.47 Å². The fourth-order valence-corrected chi connectivity index (χ4v) is 13.8. The van der Waals surface area contributed by atoms with Crippen molar-refractivity contribution in [3.63, 3.8) is 0 Å². The topological polar surface area (TPSA) is 35.5 Å². The van der Waals surface area contributed by atoms with Gasteiger partial charge in [0.2, 0.25) is 0 Å². The molecule has 0 saturated carbocycles. The molecule has 1 atom stereocenters. The summed E-state index contributed by atoms with van der Waals surface area (Å²) in [6.07, 6.45) is 0. The highest BCUT2D eigenvalue weighted by molar-refractivity contribution is 9.10. The molecule has 0 aliphatic carbocycles. The Bertz CT molecular complexity index is 516. The zero-order valence-electron chi connectivity index (χ0n) is 15.0. The summed E-state index contributed by atoms with van der Waals surface area (Å²) in [5.41, 5.74) is 1.09. The van der Waals surface area contributed by atoms with Gasteiger partial charge in [0.15, 0.2) is 0 Å². The van der Waals surface area contributed by atoms with Crippen molar-refractivity contribution in [1.29, 1.82) is 0 Å². The lowest BCUT2D eigenvalue weighted by Crippen LogP contribution is -2.40. The van der Waals surface area contributed by atoms with E-state index in [0.29, 0.717) is 13.2 Å². The molecule has 0 N–H and O–H groups in total. The van der Waals surface area contributed by atoms with Crippen molar-refractivity contribution < 1.29 is 13.6 Å². The first kappa shape index (κ1) is 21.1. The maximum absolute atomic E-state index is 13.7. The standard InChI is InChI=1S/C17H30BrO3PSi/c1-6-20-22(19,21-7-2)17(23(8-3,9-4)10-5)15-12-11-13-16(18)14-15/h11-14,17H,6-10H2,1-5H3/t17-/m1/s1. The molecule has 0 amide bonds. The molecule has 0 heterocycles. The van der Waals surface area contributed by atoms with Crippen LogP contribution in [0.1, 0.15) is 45.5 Å². The Balaban J connectivity index is 3.55. The Labute approximate surface area is 150 Å². The Hall–Kier alpha value is 0.0669. The van der Waals surface area contributed by atoms with Crippen LogP contribution in [0.2, 0.25) is 18.1 Å². The van der Waals surface area contributed by atoms with Crippen molar-refractivity contribution in [2.45, 2.75) is 58.0 Å². The molecule has 3 nitrogen and oxygen atoms in total. The van der Waals surface area contributed by atoms with Crippen molar-refractivity contribution in [3.8, 4) is 0 Å². The lowest BCUT2D eigenvalue weighted by Gasteiger charge is -2.40. The van der Waals surface area contributed by atoms with E-state index >= 15 is 0 Å². The van der Waals surface area contributed by atoms with Gasteiger partial charge in [0.05, 0.1) is 26.6 Å². The van der Waals surface area contributed by atoms with E-state index in [4.69, 9.17) is 9.05 Å². The molecule has 132 valence electrons. The predicted molar refractivity (Wildman–Crippen MR) is 105 cm³/mol. The van der Waals surface area contributed by atoms with Crippen molar-refractivity contribution in [1.82, 2.24) is 0 Å². The smallest absolute Gasteiger partial charge is 0.309 e. The summed E-state index contributed by atoms with van der Waals surface area (Å²) in [7, 11) is -5.06. The summed E-state index contributed by atoms with van der Waals surface area (Å²) >= 11 is 3.55. The van der Waals surface area contributed by atoms with Gasteiger partial charge in [-0.25, -0.2) is 0 Å². The molecule has 1 rings (SSSR count). The third-order valence-electron chi connectivity index (χ3n) is 4.79. The SMILES string of the molecule is CCOP(=O)(OCC)[C@@H](c1cccc(Br)c1)[Si](CC)(CC)CC. The average molecular weight is 421 g/mol. The Kier molecular flexibility index (Phi) is 8.74. The lowest BCUT2D eigenvalue weighted by molar-refractivity contribution is 0.217. The summed E-state index contributed by atoms with van der Waals surface area (Å²) < 4.78 is 26.3. The van der Waals surface area contributed by atoms with Gasteiger partial charge in [-0.3, -0.25) is 4.57 Å². The second-order valence-corrected chi connectivity index (χ2v) is 14.7. The number of benzene rings is 1. The van der Waals surface area contributed by atoms with E-state index in [-0.39, 0.29) is 5.28 Å². The fourth-order valence-electron chi connectivity index (χ4n) is 3.42. The fraction of sp³-hybridized carbons (Fsp3) is 0.647. The summed E-state index contributed by atoms with van der Waals surface area (Å²) in [6.45, 7) is 11.3. The number of hydrogen-bond acceptors (Lipinski definition) is 3. The second-order valence-electron chi connectivity index (χ2n) is 5.76. The predicted octanol–water partition coefficient (Wildman–Crippen LogP) is 6.80. The zero-order valence-corrected chi connectivity index (χ0v) is 18.5. The van der Waals surface area contributed by atoms with E-state index < -0.39 is 15.7 Å². The van der Waals surface area contributed by atoms with Crippen LogP contribution in [0.3, 0.4) is 0 Å². The monoisotopic (exact) mass is 420 g/mol. The van der Waals surface area contributed by atoms with E-state index in [2.05, 4.69) is 48.8 Å². The van der Waals surface area contributed by atoms with Crippen LogP contribution in [0.4, 0.5) is 0 Å². The maximum Gasteiger partial charge on any atom is 0.335 e. The molecule has 0 aromatic heterocycles. The summed E-state index contributed by atoms with van der Waals surface area (Å²) in [6, 6.07) is 11.4. The molecule has 0 saturated heterocycles. The normalized spacial score (nSPS) is 14.0. The van der Waals surface area contributed by atoms with E-state index in [1.807, 2.05) is 26.0 Å². The third kappa shape index (κ3) is 4.79. The Morgan fingerprint density at radius 3 is 1.96 bits per heavy atom. The van der Waals surface area contributed by atoms with Crippen LogP contribution in [0.5, 0.6) is 0 Å². The Morgan fingerprint density at radius 2 is 1.57 bits per heavy atom. The molecule has 0 fully saturated rings. The van der Waals surface area contributed by atoms with Crippen LogP contribution in [0.15, 0.2) is 28.7 Å². The third-order valence-corrected chi connectivity index (χ3v) is 15.8. The number of halogens is 1. The first-order valence-electron chi connectivity index (χ1n) is 8.57. The summed E-state index contributed by atoms with van der Waals surface area (Å²) in [4.78, 5) is 0. The van der Waals surface area contributed by atoms with Gasteiger partial charge in [-0.2, -0.15) is 0 Å². The molecule has 6 heteroatoms. The largest absolute Gasteiger partial charge is 0.335 e. The molecule has 1 aromatic rings. The van der Waals surface area contributed by atoms with E-state index in [1.165, 1.54) is 0 Å². The molecule has 0 aliphatic heterocycles. The highest BCUT2D eigenvalue weighted by atomic mass is 79.9. The van der Waals surface area contributed by atoms with E-state index in [9.17, 15) is 4.57 Å². The molecule has 23 heavy (non-hydrogen) atoms. The van der Waals surface area contributed by atoms with Gasteiger partial charge in [0.25, 0.3) is 0 Å². The Morgan fingerprint density at radius 1 is 1.04 bits per heavy atom. The minimum atomic E-state index is -3.20. The molecule has 0 bridgehead atoms. The maximum atomic E-state index is 13.7. The quantitative estimate of drug-likeness (QED) is 0.308. The van der Waals surface area contributed by atoms with Gasteiger partial charge in [-0.15, -0.1) is 0 Å². The minimum absolute atomic E-state index is 0.118. The van der Waals surface area contributed by atoms with Crippen LogP contribution in [-0.2, 0) is 13.6 Å². The first-order chi connectivity index (χ1) is 10.9. The summed E-state index contributed by atoms with van der Waals surface area (Å²) in [5, 5.41) is -0.118. The van der Waals surface area contributed by atoms with Crippen LogP contribution < -0.4 is 0 Å². The van der Waals surface area contributed by atoms with Crippen molar-refractivity contribution >= 4 is 31.6 Å². The molecular weight excluding hydrogens is 391 g/mol. The molecule has 0 spiro atoms. The van der Waals surface area contributed by atoms with Gasteiger partial charge in [-0.1, -0.05) is 67.0 Å². The number of hydrogen-bond donors (Lipinski definition) is 0. The van der Waals surface area contributed by atoms with Crippen LogP contribution in [0.25, 0.3) is 0 Å². The molecule has 0 unspecified atom stereocenters. The zero-order chi connectivity index (χ0) is 17.5. The van der Waals surface area contributed by atoms with Crippen LogP contribution in [-0.4, -0.2) is 21.3 Å². The van der Waals surface area contributed by atoms with Crippen LogP contribution >= 0.6 is 23.5 Å². The van der Waals surface area contributed by atoms with E-state index in [1.54, 1.807) is 0 Å². The van der Waals surface area contributed by atoms with Crippen molar-refractivity contribution in [3.05, 3.63) is 34.3 Å².